The Morgan fingerprint density at radius 3 is 2.47 bits per heavy atom. The van der Waals surface area contributed by atoms with Crippen molar-refractivity contribution in [2.24, 2.45) is 7.05 Å². The van der Waals surface area contributed by atoms with E-state index in [2.05, 4.69) is 35.8 Å². The summed E-state index contributed by atoms with van der Waals surface area (Å²) in [6, 6.07) is 0. The van der Waals surface area contributed by atoms with E-state index in [0.717, 1.165) is 21.3 Å². The maximum atomic E-state index is 5.99. The highest BCUT2D eigenvalue weighted by Crippen LogP contribution is 2.32. The molecule has 0 saturated heterocycles. The molecule has 5 nitrogen and oxygen atoms in total. The topological polar surface area (TPSA) is 69.6 Å². The molecule has 0 amide bonds. The second-order valence-corrected chi connectivity index (χ2v) is 6.63. The molecule has 0 atom stereocenters. The molecule has 2 rings (SSSR count). The molecule has 0 fully saturated rings. The summed E-state index contributed by atoms with van der Waals surface area (Å²) in [6.07, 6.45) is 3.78. The van der Waals surface area contributed by atoms with Crippen LogP contribution < -0.4 is 5.73 Å². The number of hydrogen-bond acceptors (Lipinski definition) is 5. The van der Waals surface area contributed by atoms with Crippen molar-refractivity contribution in [1.29, 1.82) is 0 Å². The van der Waals surface area contributed by atoms with Gasteiger partial charge in [0.1, 0.15) is 16.7 Å². The molecular weight excluding hydrogens is 258 g/mol. The highest BCUT2D eigenvalue weighted by molar-refractivity contribution is 7.99. The standard InChI is InChI=1S/C13H19N5S/c1-8-10(14)16-12(13(2,3)4)17-11(8)19-9-6-15-18(5)7-9/h6-7H,1-5H3,(H2,14,16,17). The SMILES string of the molecule is Cc1c(N)nc(C(C)(C)C)nc1Sc1cnn(C)c1. The monoisotopic (exact) mass is 277 g/mol. The van der Waals surface area contributed by atoms with Crippen LogP contribution in [0.15, 0.2) is 22.3 Å². The lowest BCUT2D eigenvalue weighted by molar-refractivity contribution is 0.538. The normalized spacial score (nSPS) is 11.8. The molecule has 0 bridgehead atoms. The molecule has 6 heteroatoms. The van der Waals surface area contributed by atoms with Crippen LogP contribution in [-0.4, -0.2) is 19.7 Å². The molecular formula is C13H19N5S. The zero-order valence-corrected chi connectivity index (χ0v) is 12.7. The number of aryl methyl sites for hydroxylation is 1. The predicted octanol–water partition coefficient (Wildman–Crippen LogP) is 2.55. The van der Waals surface area contributed by atoms with Crippen molar-refractivity contribution < 1.29 is 0 Å². The molecule has 102 valence electrons. The highest BCUT2D eigenvalue weighted by atomic mass is 32.2. The van der Waals surface area contributed by atoms with Crippen molar-refractivity contribution in [3.05, 3.63) is 23.8 Å². The molecule has 2 aromatic rings. The third kappa shape index (κ3) is 3.07. The predicted molar refractivity (Wildman–Crippen MR) is 77.2 cm³/mol. The lowest BCUT2D eigenvalue weighted by Crippen LogP contribution is -2.18. The van der Waals surface area contributed by atoms with E-state index < -0.39 is 0 Å². The zero-order chi connectivity index (χ0) is 14.2. The first-order chi connectivity index (χ1) is 8.77. The van der Waals surface area contributed by atoms with E-state index in [4.69, 9.17) is 5.73 Å². The van der Waals surface area contributed by atoms with Gasteiger partial charge in [0, 0.05) is 24.2 Å². The van der Waals surface area contributed by atoms with E-state index in [9.17, 15) is 0 Å². The minimum absolute atomic E-state index is 0.119. The van der Waals surface area contributed by atoms with E-state index in [1.165, 1.54) is 0 Å². The Kier molecular flexibility index (Phi) is 3.54. The van der Waals surface area contributed by atoms with E-state index >= 15 is 0 Å². The molecule has 0 radical (unpaired) electrons. The summed E-state index contributed by atoms with van der Waals surface area (Å²) in [7, 11) is 1.89. The summed E-state index contributed by atoms with van der Waals surface area (Å²) < 4.78 is 1.77. The summed E-state index contributed by atoms with van der Waals surface area (Å²) >= 11 is 1.57. The summed E-state index contributed by atoms with van der Waals surface area (Å²) in [5, 5.41) is 5.05. The lowest BCUT2D eigenvalue weighted by Gasteiger charge is -2.18. The summed E-state index contributed by atoms with van der Waals surface area (Å²) in [5.74, 6) is 1.31. The molecule has 0 saturated carbocycles. The molecule has 0 aliphatic heterocycles. The largest absolute Gasteiger partial charge is 0.383 e. The van der Waals surface area contributed by atoms with Crippen molar-refractivity contribution in [2.75, 3.05) is 5.73 Å². The van der Waals surface area contributed by atoms with Gasteiger partial charge in [-0.1, -0.05) is 32.5 Å². The fourth-order valence-electron chi connectivity index (χ4n) is 1.51. The van der Waals surface area contributed by atoms with Crippen LogP contribution in [0.4, 0.5) is 5.82 Å². The molecule has 0 aromatic carbocycles. The van der Waals surface area contributed by atoms with Crippen molar-refractivity contribution >= 4 is 17.6 Å². The van der Waals surface area contributed by atoms with Crippen LogP contribution >= 0.6 is 11.8 Å². The zero-order valence-electron chi connectivity index (χ0n) is 11.9. The number of nitrogens with two attached hydrogens (primary N) is 1. The molecule has 0 unspecified atom stereocenters. The molecule has 2 heterocycles. The van der Waals surface area contributed by atoms with Gasteiger partial charge < -0.3 is 5.73 Å². The number of nitrogens with zero attached hydrogens (tertiary/aromatic N) is 4. The number of nitrogen functional groups attached to an aromatic ring is 1. The van der Waals surface area contributed by atoms with Crippen LogP contribution in [0.2, 0.25) is 0 Å². The van der Waals surface area contributed by atoms with Crippen molar-refractivity contribution in [2.45, 2.75) is 43.0 Å². The van der Waals surface area contributed by atoms with E-state index in [-0.39, 0.29) is 5.41 Å². The Labute approximate surface area is 117 Å². The minimum atomic E-state index is -0.119. The first-order valence-corrected chi connectivity index (χ1v) is 6.90. The fourth-order valence-corrected chi connectivity index (χ4v) is 2.43. The second-order valence-electron chi connectivity index (χ2n) is 5.56. The van der Waals surface area contributed by atoms with Gasteiger partial charge >= 0.3 is 0 Å². The third-order valence-corrected chi connectivity index (χ3v) is 3.74. The van der Waals surface area contributed by atoms with Gasteiger partial charge in [-0.25, -0.2) is 9.97 Å². The molecule has 0 aliphatic carbocycles. The maximum Gasteiger partial charge on any atom is 0.137 e. The Morgan fingerprint density at radius 1 is 1.26 bits per heavy atom. The van der Waals surface area contributed by atoms with Gasteiger partial charge in [0.05, 0.1) is 11.1 Å². The first kappa shape index (κ1) is 13.9. The van der Waals surface area contributed by atoms with E-state index in [0.29, 0.717) is 5.82 Å². The average Bonchev–Trinajstić information content (AvgIpc) is 2.69. The molecule has 19 heavy (non-hydrogen) atoms. The summed E-state index contributed by atoms with van der Waals surface area (Å²) in [6.45, 7) is 8.18. The van der Waals surface area contributed by atoms with E-state index in [1.807, 2.05) is 26.4 Å². The van der Waals surface area contributed by atoms with Crippen LogP contribution in [0.3, 0.4) is 0 Å². The number of hydrogen-bond donors (Lipinski definition) is 1. The number of anilines is 1. The summed E-state index contributed by atoms with van der Waals surface area (Å²) in [5.41, 5.74) is 6.79. The Morgan fingerprint density at radius 2 is 1.95 bits per heavy atom. The second kappa shape index (κ2) is 4.85. The summed E-state index contributed by atoms with van der Waals surface area (Å²) in [4.78, 5) is 10.1. The van der Waals surface area contributed by atoms with Gasteiger partial charge in [-0.05, 0) is 6.92 Å². The van der Waals surface area contributed by atoms with Crippen LogP contribution in [0.5, 0.6) is 0 Å². The van der Waals surface area contributed by atoms with Crippen molar-refractivity contribution in [3.63, 3.8) is 0 Å². The van der Waals surface area contributed by atoms with Gasteiger partial charge in [0.25, 0.3) is 0 Å². The quantitative estimate of drug-likeness (QED) is 0.854. The first-order valence-electron chi connectivity index (χ1n) is 6.08. The lowest BCUT2D eigenvalue weighted by atomic mass is 9.95. The van der Waals surface area contributed by atoms with Crippen molar-refractivity contribution in [1.82, 2.24) is 19.7 Å². The average molecular weight is 277 g/mol. The van der Waals surface area contributed by atoms with Crippen LogP contribution in [0, 0.1) is 6.92 Å². The third-order valence-electron chi connectivity index (χ3n) is 2.71. The number of rotatable bonds is 2. The van der Waals surface area contributed by atoms with Crippen LogP contribution in [0.25, 0.3) is 0 Å². The molecule has 2 N–H and O–H groups in total. The maximum absolute atomic E-state index is 5.99. The molecule has 2 aromatic heterocycles. The van der Waals surface area contributed by atoms with Crippen LogP contribution in [0.1, 0.15) is 32.2 Å². The number of aromatic nitrogens is 4. The molecule has 0 spiro atoms. The van der Waals surface area contributed by atoms with E-state index in [1.54, 1.807) is 16.4 Å². The van der Waals surface area contributed by atoms with Gasteiger partial charge in [-0.15, -0.1) is 0 Å². The highest BCUT2D eigenvalue weighted by Gasteiger charge is 2.20. The van der Waals surface area contributed by atoms with Crippen molar-refractivity contribution in [3.8, 4) is 0 Å². The van der Waals surface area contributed by atoms with Gasteiger partial charge in [-0.3, -0.25) is 4.68 Å². The fraction of sp³-hybridized carbons (Fsp3) is 0.462. The molecule has 0 aliphatic rings. The van der Waals surface area contributed by atoms with Crippen LogP contribution in [-0.2, 0) is 12.5 Å². The van der Waals surface area contributed by atoms with Gasteiger partial charge in [0.15, 0.2) is 0 Å². The van der Waals surface area contributed by atoms with Gasteiger partial charge in [-0.2, -0.15) is 5.10 Å². The smallest absolute Gasteiger partial charge is 0.137 e. The Hall–Kier alpha value is -1.56. The minimum Gasteiger partial charge on any atom is -0.383 e. The Balaban J connectivity index is 2.41. The van der Waals surface area contributed by atoms with Gasteiger partial charge in [0.2, 0.25) is 0 Å². The Bertz CT molecular complexity index is 598.